The van der Waals surface area contributed by atoms with Crippen molar-refractivity contribution in [2.75, 3.05) is 0 Å². The first-order valence-corrected chi connectivity index (χ1v) is 7.12. The molecule has 0 aliphatic carbocycles. The third kappa shape index (κ3) is 2.57. The first-order chi connectivity index (χ1) is 11.1. The fourth-order valence-electron chi connectivity index (χ4n) is 2.83. The Hall–Kier alpha value is -3.08. The van der Waals surface area contributed by atoms with Crippen molar-refractivity contribution >= 4 is 23.3 Å². The highest BCUT2D eigenvalue weighted by Crippen LogP contribution is 2.35. The lowest BCUT2D eigenvalue weighted by Gasteiger charge is -2.08. The summed E-state index contributed by atoms with van der Waals surface area (Å²) in [7, 11) is 0. The van der Waals surface area contributed by atoms with Gasteiger partial charge in [-0.2, -0.15) is 0 Å². The number of carboxylic acids is 1. The highest BCUT2D eigenvalue weighted by molar-refractivity contribution is 6.06. The van der Waals surface area contributed by atoms with E-state index >= 15 is 0 Å². The van der Waals surface area contributed by atoms with E-state index in [2.05, 4.69) is 0 Å². The van der Waals surface area contributed by atoms with Crippen molar-refractivity contribution in [1.29, 1.82) is 0 Å². The smallest absolute Gasteiger partial charge is 0.336 e. The molecule has 23 heavy (non-hydrogen) atoms. The molecule has 0 saturated heterocycles. The number of benzene rings is 2. The third-order valence-corrected chi connectivity index (χ3v) is 3.87. The number of fused-ring (bicyclic) bond motifs is 1. The summed E-state index contributed by atoms with van der Waals surface area (Å²) in [6.45, 7) is 2.70. The van der Waals surface area contributed by atoms with Gasteiger partial charge in [-0.3, -0.25) is 4.79 Å². The number of carboxylic acid groups (broad SMARTS) is 1. The minimum Gasteiger partial charge on any atom is -0.478 e. The van der Waals surface area contributed by atoms with Crippen LogP contribution in [0.1, 0.15) is 21.6 Å². The van der Waals surface area contributed by atoms with Gasteiger partial charge in [-0.15, -0.1) is 0 Å². The van der Waals surface area contributed by atoms with Crippen LogP contribution in [0, 0.1) is 6.92 Å². The van der Waals surface area contributed by atoms with Gasteiger partial charge in [0.1, 0.15) is 0 Å². The van der Waals surface area contributed by atoms with Crippen LogP contribution in [0.25, 0.3) is 10.9 Å². The number of hydrogen-bond acceptors (Lipinski definition) is 3. The Labute approximate surface area is 132 Å². The minimum atomic E-state index is -1.05. The molecule has 0 unspecified atom stereocenters. The van der Waals surface area contributed by atoms with E-state index in [1.54, 1.807) is 6.07 Å². The van der Waals surface area contributed by atoms with Crippen molar-refractivity contribution in [1.82, 2.24) is 4.57 Å². The summed E-state index contributed by atoms with van der Waals surface area (Å²) in [6.07, 6.45) is 0. The monoisotopic (exact) mass is 309 g/mol. The molecule has 2 aromatic carbocycles. The fourth-order valence-corrected chi connectivity index (χ4v) is 2.83. The molecule has 1 heterocycles. The second-order valence-corrected chi connectivity index (χ2v) is 5.21. The molecule has 0 aliphatic heterocycles. The van der Waals surface area contributed by atoms with Gasteiger partial charge in [-0.05, 0) is 24.6 Å². The first kappa shape index (κ1) is 14.8. The summed E-state index contributed by atoms with van der Waals surface area (Å²) in [5.41, 5.74) is 2.63. The van der Waals surface area contributed by atoms with Gasteiger partial charge in [0.05, 0.1) is 22.2 Å². The molecular formula is C18H15NO4. The molecule has 0 aliphatic rings. The second kappa shape index (κ2) is 5.96. The minimum absolute atomic E-state index is 0.120. The Morgan fingerprint density at radius 2 is 1.91 bits per heavy atom. The van der Waals surface area contributed by atoms with Gasteiger partial charge in [0.15, 0.2) is 5.75 Å². The molecule has 0 spiro atoms. The highest BCUT2D eigenvalue weighted by Gasteiger charge is 2.21. The molecule has 1 N–H and O–H groups in total. The Kier molecular flexibility index (Phi) is 3.85. The zero-order valence-electron chi connectivity index (χ0n) is 12.5. The Bertz CT molecular complexity index is 881. The second-order valence-electron chi connectivity index (χ2n) is 5.21. The maximum absolute atomic E-state index is 11.5. The van der Waals surface area contributed by atoms with Crippen LogP contribution in [0.4, 0.5) is 0 Å². The van der Waals surface area contributed by atoms with Crippen LogP contribution < -0.4 is 4.74 Å². The average molecular weight is 309 g/mol. The number of carbonyl (C=O) groups excluding carboxylic acids is 1. The van der Waals surface area contributed by atoms with Gasteiger partial charge in [0.25, 0.3) is 6.47 Å². The standard InChI is InChI=1S/C18H15NO4/c1-12-17(23-11-20)16-14(18(21)22)8-5-9-15(16)19(12)10-13-6-3-2-4-7-13/h2-9,11H,10H2,1H3,(H,21,22). The van der Waals surface area contributed by atoms with Crippen molar-refractivity contribution in [2.24, 2.45) is 0 Å². The van der Waals surface area contributed by atoms with Gasteiger partial charge < -0.3 is 14.4 Å². The lowest BCUT2D eigenvalue weighted by atomic mass is 10.1. The van der Waals surface area contributed by atoms with Gasteiger partial charge in [-0.1, -0.05) is 36.4 Å². The van der Waals surface area contributed by atoms with Gasteiger partial charge >= 0.3 is 5.97 Å². The van der Waals surface area contributed by atoms with Crippen LogP contribution in [-0.2, 0) is 11.3 Å². The van der Waals surface area contributed by atoms with E-state index in [1.165, 1.54) is 6.07 Å². The lowest BCUT2D eigenvalue weighted by Crippen LogP contribution is -2.02. The SMILES string of the molecule is Cc1c(OC=O)c2c(C(=O)O)cccc2n1Cc1ccccc1. The van der Waals surface area contributed by atoms with E-state index in [0.29, 0.717) is 29.8 Å². The topological polar surface area (TPSA) is 68.5 Å². The number of hydrogen-bond donors (Lipinski definition) is 1. The molecule has 0 saturated carbocycles. The molecule has 5 nitrogen and oxygen atoms in total. The van der Waals surface area contributed by atoms with E-state index in [9.17, 15) is 14.7 Å². The van der Waals surface area contributed by atoms with Gasteiger partial charge in [0, 0.05) is 6.54 Å². The number of carbonyl (C=O) groups is 2. The lowest BCUT2D eigenvalue weighted by molar-refractivity contribution is -0.120. The maximum Gasteiger partial charge on any atom is 0.336 e. The predicted octanol–water partition coefficient (Wildman–Crippen LogP) is 3.23. The molecule has 3 aromatic rings. The molecule has 0 fully saturated rings. The van der Waals surface area contributed by atoms with E-state index in [1.807, 2.05) is 47.9 Å². The Balaban J connectivity index is 2.26. The third-order valence-electron chi connectivity index (χ3n) is 3.87. The summed E-state index contributed by atoms with van der Waals surface area (Å²) in [5, 5.41) is 9.86. The van der Waals surface area contributed by atoms with E-state index in [0.717, 1.165) is 11.1 Å². The molecule has 0 atom stereocenters. The molecule has 3 rings (SSSR count). The molecule has 116 valence electrons. The molecule has 5 heteroatoms. The van der Waals surface area contributed by atoms with Gasteiger partial charge in [0.2, 0.25) is 0 Å². The largest absolute Gasteiger partial charge is 0.478 e. The zero-order valence-corrected chi connectivity index (χ0v) is 12.5. The van der Waals surface area contributed by atoms with Gasteiger partial charge in [-0.25, -0.2) is 4.79 Å². The van der Waals surface area contributed by atoms with Crippen molar-refractivity contribution in [3.63, 3.8) is 0 Å². The van der Waals surface area contributed by atoms with E-state index in [4.69, 9.17) is 4.74 Å². The van der Waals surface area contributed by atoms with Crippen LogP contribution >= 0.6 is 0 Å². The summed E-state index contributed by atoms with van der Waals surface area (Å²) in [4.78, 5) is 22.3. The molecule has 0 radical (unpaired) electrons. The number of rotatable bonds is 5. The Morgan fingerprint density at radius 3 is 2.57 bits per heavy atom. The number of nitrogens with zero attached hydrogens (tertiary/aromatic N) is 1. The van der Waals surface area contributed by atoms with E-state index in [-0.39, 0.29) is 5.56 Å². The quantitative estimate of drug-likeness (QED) is 0.735. The number of ether oxygens (including phenoxy) is 1. The average Bonchev–Trinajstić information content (AvgIpc) is 2.82. The molecule has 0 bridgehead atoms. The number of aromatic carboxylic acids is 1. The summed E-state index contributed by atoms with van der Waals surface area (Å²) in [5.74, 6) is -0.757. The van der Waals surface area contributed by atoms with Crippen LogP contribution in [-0.4, -0.2) is 22.1 Å². The van der Waals surface area contributed by atoms with Crippen LogP contribution in [0.15, 0.2) is 48.5 Å². The molecule has 0 amide bonds. The Morgan fingerprint density at radius 1 is 1.17 bits per heavy atom. The van der Waals surface area contributed by atoms with E-state index < -0.39 is 5.97 Å². The molecular weight excluding hydrogens is 294 g/mol. The highest BCUT2D eigenvalue weighted by atomic mass is 16.5. The van der Waals surface area contributed by atoms with Crippen LogP contribution in [0.5, 0.6) is 5.75 Å². The molecule has 1 aromatic heterocycles. The summed E-state index contributed by atoms with van der Waals surface area (Å²) in [6, 6.07) is 14.8. The summed E-state index contributed by atoms with van der Waals surface area (Å²) < 4.78 is 7.05. The van der Waals surface area contributed by atoms with Crippen LogP contribution in [0.2, 0.25) is 0 Å². The van der Waals surface area contributed by atoms with Crippen LogP contribution in [0.3, 0.4) is 0 Å². The maximum atomic E-state index is 11.5. The number of aromatic nitrogens is 1. The normalized spacial score (nSPS) is 10.7. The van der Waals surface area contributed by atoms with Crippen molar-refractivity contribution in [3.8, 4) is 5.75 Å². The van der Waals surface area contributed by atoms with Crippen molar-refractivity contribution < 1.29 is 19.4 Å². The van der Waals surface area contributed by atoms with Crippen molar-refractivity contribution in [3.05, 3.63) is 65.4 Å². The summed E-state index contributed by atoms with van der Waals surface area (Å²) >= 11 is 0. The zero-order chi connectivity index (χ0) is 16.4. The first-order valence-electron chi connectivity index (χ1n) is 7.12. The predicted molar refractivity (Wildman–Crippen MR) is 85.9 cm³/mol. The van der Waals surface area contributed by atoms with Crippen molar-refractivity contribution in [2.45, 2.75) is 13.5 Å². The fraction of sp³-hybridized carbons (Fsp3) is 0.111.